The first-order valence-corrected chi connectivity index (χ1v) is 9.40. The van der Waals surface area contributed by atoms with Crippen molar-refractivity contribution in [2.75, 3.05) is 13.1 Å². The zero-order chi connectivity index (χ0) is 20.0. The van der Waals surface area contributed by atoms with Crippen LogP contribution in [0.2, 0.25) is 5.02 Å². The summed E-state index contributed by atoms with van der Waals surface area (Å²) in [6.07, 6.45) is -0.617. The van der Waals surface area contributed by atoms with E-state index in [2.05, 4.69) is 5.32 Å². The highest BCUT2D eigenvalue weighted by molar-refractivity contribution is 6.32. The third-order valence-electron chi connectivity index (χ3n) is 4.37. The number of hydrogen-bond donors (Lipinski definition) is 1. The molecule has 3 atom stereocenters. The van der Waals surface area contributed by atoms with Crippen LogP contribution in [-0.4, -0.2) is 54.0 Å². The molecule has 0 aromatic heterocycles. The van der Waals surface area contributed by atoms with Crippen molar-refractivity contribution in [3.8, 4) is 5.75 Å². The van der Waals surface area contributed by atoms with Gasteiger partial charge in [-0.2, -0.15) is 0 Å². The molecule has 27 heavy (non-hydrogen) atoms. The Morgan fingerprint density at radius 2 is 2.04 bits per heavy atom. The quantitative estimate of drug-likeness (QED) is 0.714. The van der Waals surface area contributed by atoms with Gasteiger partial charge in [-0.05, 0) is 32.4 Å². The molecular formula is C19H25ClN2O5. The first kappa shape index (κ1) is 21.0. The summed E-state index contributed by atoms with van der Waals surface area (Å²) in [5.41, 5.74) is 0. The second-order valence-electron chi connectivity index (χ2n) is 6.44. The second-order valence-corrected chi connectivity index (χ2v) is 6.85. The molecule has 0 radical (unpaired) electrons. The van der Waals surface area contributed by atoms with E-state index in [0.29, 0.717) is 30.3 Å². The van der Waals surface area contributed by atoms with Crippen LogP contribution >= 0.6 is 11.6 Å². The molecule has 8 heteroatoms. The van der Waals surface area contributed by atoms with Gasteiger partial charge in [0, 0.05) is 13.1 Å². The number of nitrogens with zero attached hydrogens (tertiary/aromatic N) is 1. The van der Waals surface area contributed by atoms with Crippen molar-refractivity contribution in [2.24, 2.45) is 0 Å². The maximum absolute atomic E-state index is 12.9. The summed E-state index contributed by atoms with van der Waals surface area (Å²) in [6.45, 7) is 5.88. The number of hydrogen-bond acceptors (Lipinski definition) is 5. The number of amides is 2. The molecule has 1 saturated heterocycles. The Hall–Kier alpha value is -2.28. The number of piperazine rings is 1. The van der Waals surface area contributed by atoms with E-state index in [1.807, 2.05) is 6.92 Å². The van der Waals surface area contributed by atoms with Crippen LogP contribution in [-0.2, 0) is 19.1 Å². The van der Waals surface area contributed by atoms with E-state index in [-0.39, 0.29) is 24.3 Å². The Kier molecular flexibility index (Phi) is 7.47. The molecule has 2 rings (SSSR count). The van der Waals surface area contributed by atoms with Gasteiger partial charge in [-0.3, -0.25) is 14.4 Å². The van der Waals surface area contributed by atoms with Gasteiger partial charge in [0.25, 0.3) is 5.91 Å². The maximum Gasteiger partial charge on any atom is 0.308 e. The Morgan fingerprint density at radius 3 is 2.70 bits per heavy atom. The molecule has 0 saturated carbocycles. The van der Waals surface area contributed by atoms with Crippen molar-refractivity contribution >= 4 is 29.4 Å². The number of esters is 1. The summed E-state index contributed by atoms with van der Waals surface area (Å²) in [5.74, 6) is -0.884. The van der Waals surface area contributed by atoms with Crippen molar-refractivity contribution < 1.29 is 23.9 Å². The van der Waals surface area contributed by atoms with Crippen molar-refractivity contribution in [2.45, 2.75) is 51.9 Å². The minimum absolute atomic E-state index is 0.194. The molecule has 1 aromatic carbocycles. The first-order valence-electron chi connectivity index (χ1n) is 9.02. The molecule has 1 fully saturated rings. The van der Waals surface area contributed by atoms with Gasteiger partial charge in [-0.1, -0.05) is 30.7 Å². The minimum atomic E-state index is -0.917. The number of ether oxygens (including phenoxy) is 2. The number of para-hydroxylation sites is 1. The Bertz CT molecular complexity index is 696. The standard InChI is InChI=1S/C19H25ClN2O5/c1-4-12(2)26-17(23)11-15-18(24)21-9-10-22(15)19(25)13(3)27-16-8-6-5-7-14(16)20/h5-8,12-13,15H,4,9-11H2,1-3H3,(H,21,24). The first-order chi connectivity index (χ1) is 12.8. The van der Waals surface area contributed by atoms with E-state index in [9.17, 15) is 14.4 Å². The zero-order valence-electron chi connectivity index (χ0n) is 15.7. The average molecular weight is 397 g/mol. The molecule has 0 bridgehead atoms. The predicted octanol–water partition coefficient (Wildman–Crippen LogP) is 2.17. The lowest BCUT2D eigenvalue weighted by molar-refractivity contribution is -0.156. The molecule has 148 valence electrons. The third kappa shape index (κ3) is 5.60. The SMILES string of the molecule is CCC(C)OC(=O)CC1C(=O)NCCN1C(=O)C(C)Oc1ccccc1Cl. The second kappa shape index (κ2) is 9.60. The summed E-state index contributed by atoms with van der Waals surface area (Å²) >= 11 is 6.07. The highest BCUT2D eigenvalue weighted by Gasteiger charge is 2.37. The van der Waals surface area contributed by atoms with Crippen LogP contribution in [0.4, 0.5) is 0 Å². The lowest BCUT2D eigenvalue weighted by Crippen LogP contribution is -2.60. The summed E-state index contributed by atoms with van der Waals surface area (Å²) in [6, 6.07) is 5.92. The number of carbonyl (C=O) groups is 3. The molecule has 2 amide bonds. The molecule has 1 aromatic rings. The van der Waals surface area contributed by atoms with Gasteiger partial charge in [-0.25, -0.2) is 0 Å². The number of benzene rings is 1. The van der Waals surface area contributed by atoms with Gasteiger partial charge in [0.15, 0.2) is 6.10 Å². The van der Waals surface area contributed by atoms with E-state index < -0.39 is 18.1 Å². The molecule has 3 unspecified atom stereocenters. The molecule has 1 N–H and O–H groups in total. The van der Waals surface area contributed by atoms with Gasteiger partial charge in [0.05, 0.1) is 17.5 Å². The van der Waals surface area contributed by atoms with Crippen LogP contribution in [0.3, 0.4) is 0 Å². The van der Waals surface area contributed by atoms with E-state index >= 15 is 0 Å². The molecule has 0 spiro atoms. The van der Waals surface area contributed by atoms with Crippen LogP contribution in [0.1, 0.15) is 33.6 Å². The number of carbonyl (C=O) groups excluding carboxylic acids is 3. The molecule has 1 aliphatic heterocycles. The van der Waals surface area contributed by atoms with Crippen LogP contribution in [0, 0.1) is 0 Å². The van der Waals surface area contributed by atoms with Gasteiger partial charge in [0.1, 0.15) is 11.8 Å². The Balaban J connectivity index is 2.07. The van der Waals surface area contributed by atoms with Gasteiger partial charge in [0.2, 0.25) is 5.91 Å². The number of halogens is 1. The molecule has 1 heterocycles. The fourth-order valence-corrected chi connectivity index (χ4v) is 2.89. The fourth-order valence-electron chi connectivity index (χ4n) is 2.71. The Labute approximate surface area is 163 Å². The maximum atomic E-state index is 12.9. The molecule has 1 aliphatic rings. The predicted molar refractivity (Wildman–Crippen MR) is 101 cm³/mol. The van der Waals surface area contributed by atoms with Crippen molar-refractivity contribution in [3.63, 3.8) is 0 Å². The summed E-state index contributed by atoms with van der Waals surface area (Å²) in [5, 5.41) is 3.08. The lowest BCUT2D eigenvalue weighted by Gasteiger charge is -2.36. The third-order valence-corrected chi connectivity index (χ3v) is 4.68. The van der Waals surface area contributed by atoms with Crippen molar-refractivity contribution in [3.05, 3.63) is 29.3 Å². The molecule has 7 nitrogen and oxygen atoms in total. The van der Waals surface area contributed by atoms with Crippen LogP contribution < -0.4 is 10.1 Å². The fraction of sp³-hybridized carbons (Fsp3) is 0.526. The van der Waals surface area contributed by atoms with Crippen molar-refractivity contribution in [1.29, 1.82) is 0 Å². The number of rotatable bonds is 7. The zero-order valence-corrected chi connectivity index (χ0v) is 16.5. The highest BCUT2D eigenvalue weighted by atomic mass is 35.5. The minimum Gasteiger partial charge on any atom is -0.479 e. The van der Waals surface area contributed by atoms with Crippen molar-refractivity contribution in [1.82, 2.24) is 10.2 Å². The normalized spacial score (nSPS) is 19.0. The van der Waals surface area contributed by atoms with Crippen LogP contribution in [0.15, 0.2) is 24.3 Å². The summed E-state index contributed by atoms with van der Waals surface area (Å²) in [7, 11) is 0. The molecule has 0 aliphatic carbocycles. The topological polar surface area (TPSA) is 84.9 Å². The van der Waals surface area contributed by atoms with E-state index in [0.717, 1.165) is 0 Å². The van der Waals surface area contributed by atoms with Gasteiger partial charge in [-0.15, -0.1) is 0 Å². The highest BCUT2D eigenvalue weighted by Crippen LogP contribution is 2.25. The van der Waals surface area contributed by atoms with Crippen LogP contribution in [0.25, 0.3) is 0 Å². The number of nitrogens with one attached hydrogen (secondary N) is 1. The monoisotopic (exact) mass is 396 g/mol. The average Bonchev–Trinajstić information content (AvgIpc) is 2.64. The van der Waals surface area contributed by atoms with Gasteiger partial charge < -0.3 is 19.7 Å². The smallest absolute Gasteiger partial charge is 0.308 e. The van der Waals surface area contributed by atoms with E-state index in [1.54, 1.807) is 38.1 Å². The van der Waals surface area contributed by atoms with Crippen LogP contribution in [0.5, 0.6) is 5.75 Å². The largest absolute Gasteiger partial charge is 0.479 e. The molecular weight excluding hydrogens is 372 g/mol. The summed E-state index contributed by atoms with van der Waals surface area (Å²) < 4.78 is 10.9. The summed E-state index contributed by atoms with van der Waals surface area (Å²) in [4.78, 5) is 38.6. The van der Waals surface area contributed by atoms with Gasteiger partial charge >= 0.3 is 5.97 Å². The van der Waals surface area contributed by atoms with E-state index in [4.69, 9.17) is 21.1 Å². The Morgan fingerprint density at radius 1 is 1.33 bits per heavy atom. The lowest BCUT2D eigenvalue weighted by atomic mass is 10.1. The van der Waals surface area contributed by atoms with E-state index in [1.165, 1.54) is 4.90 Å².